The van der Waals surface area contributed by atoms with Gasteiger partial charge < -0.3 is 5.32 Å². The average Bonchev–Trinajstić information content (AvgIpc) is 3.11. The number of rotatable bonds is 5. The Morgan fingerprint density at radius 2 is 1.90 bits per heavy atom. The van der Waals surface area contributed by atoms with Crippen LogP contribution in [-0.2, 0) is 18.4 Å². The van der Waals surface area contributed by atoms with Gasteiger partial charge in [0, 0.05) is 29.8 Å². The first kappa shape index (κ1) is 21.2. The summed E-state index contributed by atoms with van der Waals surface area (Å²) in [7, 11) is 0. The summed E-state index contributed by atoms with van der Waals surface area (Å²) in [4.78, 5) is 31.5. The van der Waals surface area contributed by atoms with Crippen LogP contribution < -0.4 is 16.2 Å². The second-order valence-electron chi connectivity index (χ2n) is 7.92. The number of benzene rings is 1. The van der Waals surface area contributed by atoms with Crippen LogP contribution in [0.5, 0.6) is 0 Å². The van der Waals surface area contributed by atoms with Gasteiger partial charge in [-0.25, -0.2) is 14.2 Å². The Balaban J connectivity index is 1.86. The first-order chi connectivity index (χ1) is 14.2. The molecule has 3 rings (SSSR count). The molecule has 2 amide bonds. The minimum Gasteiger partial charge on any atom is -0.334 e. The molecule has 2 aromatic heterocycles. The Bertz CT molecular complexity index is 1100. The zero-order chi connectivity index (χ0) is 21.9. The molecule has 8 nitrogen and oxygen atoms in total. The number of H-pyrrole nitrogens is 1. The first-order valence-corrected chi connectivity index (χ1v) is 9.66. The highest BCUT2D eigenvalue weighted by atomic mass is 19.1. The van der Waals surface area contributed by atoms with Crippen molar-refractivity contribution < 1.29 is 9.18 Å². The van der Waals surface area contributed by atoms with Gasteiger partial charge in [0.1, 0.15) is 11.6 Å². The van der Waals surface area contributed by atoms with Crippen molar-refractivity contribution in [3.8, 4) is 5.95 Å². The maximum atomic E-state index is 13.0. The van der Waals surface area contributed by atoms with Gasteiger partial charge in [-0.2, -0.15) is 9.78 Å². The number of aryl methyl sites for hydroxylation is 1. The fourth-order valence-electron chi connectivity index (χ4n) is 2.72. The molecule has 0 aliphatic carbocycles. The van der Waals surface area contributed by atoms with Crippen LogP contribution in [0.1, 0.15) is 44.6 Å². The Labute approximate surface area is 173 Å². The molecule has 1 aromatic carbocycles. The third-order valence-corrected chi connectivity index (χ3v) is 4.43. The van der Waals surface area contributed by atoms with Crippen LogP contribution in [0.3, 0.4) is 0 Å². The second kappa shape index (κ2) is 8.48. The Morgan fingerprint density at radius 1 is 1.20 bits per heavy atom. The number of urea groups is 1. The van der Waals surface area contributed by atoms with E-state index in [0.717, 1.165) is 11.3 Å². The summed E-state index contributed by atoms with van der Waals surface area (Å²) in [6.45, 7) is 8.12. The Kier molecular flexibility index (Phi) is 6.00. The zero-order valence-corrected chi connectivity index (χ0v) is 17.4. The van der Waals surface area contributed by atoms with E-state index in [1.165, 1.54) is 22.9 Å². The quantitative estimate of drug-likeness (QED) is 0.598. The van der Waals surface area contributed by atoms with Gasteiger partial charge in [0.25, 0.3) is 5.56 Å². The fraction of sp³-hybridized carbons (Fsp3) is 0.333. The molecule has 0 unspecified atom stereocenters. The Hall–Kier alpha value is -3.49. The molecule has 0 bridgehead atoms. The number of carbonyl (C=O) groups excluding carboxylic acids is 1. The predicted octanol–water partition coefficient (Wildman–Crippen LogP) is 3.28. The second-order valence-corrected chi connectivity index (χ2v) is 7.92. The van der Waals surface area contributed by atoms with Crippen LogP contribution in [0.15, 0.2) is 41.2 Å². The highest BCUT2D eigenvalue weighted by Gasteiger charge is 2.22. The van der Waals surface area contributed by atoms with Gasteiger partial charge >= 0.3 is 6.03 Å². The van der Waals surface area contributed by atoms with E-state index >= 15 is 0 Å². The molecule has 3 N–H and O–H groups in total. The molecule has 0 fully saturated rings. The maximum absolute atomic E-state index is 13.0. The van der Waals surface area contributed by atoms with Crippen LogP contribution in [0, 0.1) is 5.82 Å². The van der Waals surface area contributed by atoms with E-state index in [9.17, 15) is 14.0 Å². The number of aromatic nitrogens is 4. The lowest BCUT2D eigenvalue weighted by atomic mass is 9.92. The molecule has 0 radical (unpaired) electrons. The smallest absolute Gasteiger partial charge is 0.320 e. The molecule has 0 aliphatic rings. The van der Waals surface area contributed by atoms with E-state index in [-0.39, 0.29) is 29.3 Å². The van der Waals surface area contributed by atoms with Gasteiger partial charge in [0.2, 0.25) is 5.95 Å². The van der Waals surface area contributed by atoms with Crippen LogP contribution in [-0.4, -0.2) is 25.8 Å². The predicted molar refractivity (Wildman–Crippen MR) is 112 cm³/mol. The number of hydrogen-bond donors (Lipinski definition) is 3. The van der Waals surface area contributed by atoms with Crippen LogP contribution in [0.2, 0.25) is 0 Å². The number of anilines is 1. The largest absolute Gasteiger partial charge is 0.334 e. The molecule has 158 valence electrons. The average molecular weight is 412 g/mol. The summed E-state index contributed by atoms with van der Waals surface area (Å²) in [6, 6.07) is 8.58. The van der Waals surface area contributed by atoms with Crippen LogP contribution >= 0.6 is 0 Å². The zero-order valence-electron chi connectivity index (χ0n) is 17.4. The van der Waals surface area contributed by atoms with Crippen molar-refractivity contribution in [3.05, 3.63) is 69.5 Å². The Morgan fingerprint density at radius 3 is 2.53 bits per heavy atom. The van der Waals surface area contributed by atoms with Gasteiger partial charge in [-0.05, 0) is 24.1 Å². The van der Waals surface area contributed by atoms with Crippen molar-refractivity contribution in [1.82, 2.24) is 25.1 Å². The van der Waals surface area contributed by atoms with E-state index in [1.807, 2.05) is 27.7 Å². The van der Waals surface area contributed by atoms with Crippen molar-refractivity contribution in [1.29, 1.82) is 0 Å². The third kappa shape index (κ3) is 5.11. The maximum Gasteiger partial charge on any atom is 0.320 e. The van der Waals surface area contributed by atoms with E-state index in [4.69, 9.17) is 0 Å². The van der Waals surface area contributed by atoms with Gasteiger partial charge in [-0.15, -0.1) is 0 Å². The number of hydrogen-bond acceptors (Lipinski definition) is 4. The highest BCUT2D eigenvalue weighted by molar-refractivity contribution is 5.88. The summed E-state index contributed by atoms with van der Waals surface area (Å²) in [5.41, 5.74) is 1.53. The molecule has 3 aromatic rings. The van der Waals surface area contributed by atoms with Crippen LogP contribution in [0.25, 0.3) is 5.95 Å². The number of amides is 2. The SMILES string of the molecule is CCc1cc(=O)[nH]c(-n2nc(C(C)(C)C)cc2NC(=O)NCc2ccc(F)cc2)n1. The number of aromatic amines is 1. The van der Waals surface area contributed by atoms with Gasteiger partial charge in [0.05, 0.1) is 5.69 Å². The summed E-state index contributed by atoms with van der Waals surface area (Å²) in [5, 5.41) is 10.0. The molecule has 0 aliphatic heterocycles. The number of nitrogens with one attached hydrogen (secondary N) is 3. The van der Waals surface area contributed by atoms with E-state index in [1.54, 1.807) is 18.2 Å². The molecule has 0 saturated heterocycles. The third-order valence-electron chi connectivity index (χ3n) is 4.43. The first-order valence-electron chi connectivity index (χ1n) is 9.66. The van der Waals surface area contributed by atoms with Crippen molar-refractivity contribution in [2.75, 3.05) is 5.32 Å². The molecule has 9 heteroatoms. The van der Waals surface area contributed by atoms with Gasteiger partial charge in [0.15, 0.2) is 0 Å². The summed E-state index contributed by atoms with van der Waals surface area (Å²) >= 11 is 0. The molecule has 0 saturated carbocycles. The lowest BCUT2D eigenvalue weighted by molar-refractivity contribution is 0.251. The van der Waals surface area contributed by atoms with Gasteiger partial charge in [-0.1, -0.05) is 39.8 Å². The normalized spacial score (nSPS) is 11.4. The molecular weight excluding hydrogens is 387 g/mol. The summed E-state index contributed by atoms with van der Waals surface area (Å²) < 4.78 is 14.4. The lowest BCUT2D eigenvalue weighted by Gasteiger charge is -2.13. The van der Waals surface area contributed by atoms with Crippen LogP contribution in [0.4, 0.5) is 15.0 Å². The fourth-order valence-corrected chi connectivity index (χ4v) is 2.72. The standard InChI is InChI=1S/C21H25FN6O2/c1-5-15-10-18(29)26-19(24-15)28-17(11-16(27-28)21(2,3)4)25-20(30)23-12-13-6-8-14(22)9-7-13/h6-11H,5,12H2,1-4H3,(H2,23,25,30)(H,24,26,29). The molecule has 30 heavy (non-hydrogen) atoms. The van der Waals surface area contributed by atoms with E-state index in [2.05, 4.69) is 25.7 Å². The number of carbonyl (C=O) groups is 1. The monoisotopic (exact) mass is 412 g/mol. The molecular formula is C21H25FN6O2. The topological polar surface area (TPSA) is 105 Å². The summed E-state index contributed by atoms with van der Waals surface area (Å²) in [5.74, 6) is 0.259. The van der Waals surface area contributed by atoms with Crippen molar-refractivity contribution in [3.63, 3.8) is 0 Å². The van der Waals surface area contributed by atoms with Gasteiger partial charge in [-0.3, -0.25) is 15.1 Å². The molecule has 0 atom stereocenters. The molecule has 0 spiro atoms. The van der Waals surface area contributed by atoms with Crippen molar-refractivity contribution >= 4 is 11.8 Å². The minimum absolute atomic E-state index is 0.226. The lowest BCUT2D eigenvalue weighted by Crippen LogP contribution is -2.29. The van der Waals surface area contributed by atoms with Crippen molar-refractivity contribution in [2.45, 2.75) is 46.1 Å². The van der Waals surface area contributed by atoms with Crippen molar-refractivity contribution in [2.24, 2.45) is 0 Å². The number of nitrogens with zero attached hydrogens (tertiary/aromatic N) is 3. The highest BCUT2D eigenvalue weighted by Crippen LogP contribution is 2.25. The molecule has 2 heterocycles. The van der Waals surface area contributed by atoms with E-state index < -0.39 is 6.03 Å². The summed E-state index contributed by atoms with van der Waals surface area (Å²) in [6.07, 6.45) is 0.589. The minimum atomic E-state index is -0.463. The van der Waals surface area contributed by atoms with E-state index in [0.29, 0.717) is 17.9 Å². The number of halogens is 1.